The molecule has 1 unspecified atom stereocenters. The van der Waals surface area contributed by atoms with Gasteiger partial charge in [0.1, 0.15) is 0 Å². The molecule has 0 aliphatic heterocycles. The van der Waals surface area contributed by atoms with Crippen molar-refractivity contribution < 1.29 is 4.79 Å². The topological polar surface area (TPSA) is 17.1 Å². The largest absolute Gasteiger partial charge is 0.285 e. The van der Waals surface area contributed by atoms with Gasteiger partial charge in [-0.3, -0.25) is 4.79 Å². The molecule has 1 heteroatoms. The molecular weight excluding hydrogens is 196 g/mol. The van der Waals surface area contributed by atoms with Crippen LogP contribution in [-0.2, 0) is 10.2 Å². The third-order valence-electron chi connectivity index (χ3n) is 2.69. The van der Waals surface area contributed by atoms with Gasteiger partial charge in [-0.15, -0.1) is 0 Å². The molecule has 0 bridgehead atoms. The van der Waals surface area contributed by atoms with Crippen molar-refractivity contribution >= 4 is 5.78 Å². The average Bonchev–Trinajstić information content (AvgIpc) is 2.26. The van der Waals surface area contributed by atoms with Gasteiger partial charge in [-0.2, -0.15) is 0 Å². The van der Waals surface area contributed by atoms with E-state index in [0.29, 0.717) is 0 Å². The Kier molecular flexibility index (Phi) is 3.68. The highest BCUT2D eigenvalue weighted by molar-refractivity contribution is 5.93. The van der Waals surface area contributed by atoms with Crippen molar-refractivity contribution in [2.75, 3.05) is 0 Å². The van der Waals surface area contributed by atoms with E-state index in [1.165, 1.54) is 6.92 Å². The molecule has 0 spiro atoms. The second-order valence-electron chi connectivity index (χ2n) is 4.08. The molecule has 1 rings (SSSR count). The van der Waals surface area contributed by atoms with Crippen LogP contribution >= 0.6 is 0 Å². The summed E-state index contributed by atoms with van der Waals surface area (Å²) in [5.41, 5.74) is 1.55. The third-order valence-corrected chi connectivity index (χ3v) is 2.69. The number of hydrogen-bond donors (Lipinski definition) is 0. The molecule has 0 heterocycles. The molecule has 0 N–H and O–H groups in total. The minimum Gasteiger partial charge on any atom is -0.285 e. The van der Waals surface area contributed by atoms with Gasteiger partial charge in [0.2, 0.25) is 5.78 Å². The van der Waals surface area contributed by atoms with E-state index < -0.39 is 5.41 Å². The zero-order valence-electron chi connectivity index (χ0n) is 10.0. The fourth-order valence-corrected chi connectivity index (χ4v) is 1.41. The van der Waals surface area contributed by atoms with Crippen LogP contribution in [0.4, 0.5) is 0 Å². The van der Waals surface area contributed by atoms with Crippen molar-refractivity contribution in [3.05, 3.63) is 48.0 Å². The van der Waals surface area contributed by atoms with Crippen molar-refractivity contribution in [2.45, 2.75) is 26.2 Å². The Balaban J connectivity index is 3.25. The van der Waals surface area contributed by atoms with Crippen molar-refractivity contribution in [3.63, 3.8) is 0 Å². The van der Waals surface area contributed by atoms with Gasteiger partial charge in [0.05, 0.1) is 5.41 Å². The number of Topliss-reactive ketones (excluding diaryl/α,β-unsaturated/α-hetero) is 1. The predicted octanol–water partition coefficient (Wildman–Crippen LogP) is 3.11. The van der Waals surface area contributed by atoms with Crippen LogP contribution in [0.2, 0.25) is 0 Å². The van der Waals surface area contributed by atoms with Crippen molar-refractivity contribution in [2.24, 2.45) is 0 Å². The summed E-state index contributed by atoms with van der Waals surface area (Å²) in [6.07, 6.45) is 0. The van der Waals surface area contributed by atoms with Crippen molar-refractivity contribution in [1.82, 2.24) is 0 Å². The van der Waals surface area contributed by atoms with Gasteiger partial charge in [-0.1, -0.05) is 48.4 Å². The SMILES string of the molecule is C=C(C)C(C)(C#CC(C)=O)c1ccccc1. The molecule has 0 amide bonds. The van der Waals surface area contributed by atoms with Crippen molar-refractivity contribution in [1.29, 1.82) is 0 Å². The number of rotatable bonds is 2. The highest BCUT2D eigenvalue weighted by Crippen LogP contribution is 2.29. The molecule has 1 atom stereocenters. The normalized spacial score (nSPS) is 13.2. The van der Waals surface area contributed by atoms with E-state index in [1.54, 1.807) is 0 Å². The summed E-state index contributed by atoms with van der Waals surface area (Å²) in [5, 5.41) is 0. The zero-order valence-corrected chi connectivity index (χ0v) is 10.0. The zero-order chi connectivity index (χ0) is 12.2. The second-order valence-corrected chi connectivity index (χ2v) is 4.08. The Labute approximate surface area is 97.2 Å². The minimum absolute atomic E-state index is 0.122. The predicted molar refractivity (Wildman–Crippen MR) is 67.1 cm³/mol. The number of ketones is 1. The molecule has 0 aliphatic carbocycles. The van der Waals surface area contributed by atoms with Gasteiger partial charge < -0.3 is 0 Å². The summed E-state index contributed by atoms with van der Waals surface area (Å²) >= 11 is 0. The molecule has 1 aromatic rings. The fourth-order valence-electron chi connectivity index (χ4n) is 1.41. The van der Waals surface area contributed by atoms with E-state index in [2.05, 4.69) is 18.4 Å². The van der Waals surface area contributed by atoms with E-state index in [-0.39, 0.29) is 5.78 Å². The summed E-state index contributed by atoms with van der Waals surface area (Å²) in [6, 6.07) is 9.89. The van der Waals surface area contributed by atoms with E-state index in [4.69, 9.17) is 0 Å². The first kappa shape index (κ1) is 12.3. The lowest BCUT2D eigenvalue weighted by Gasteiger charge is -2.24. The number of carbonyl (C=O) groups is 1. The molecule has 16 heavy (non-hydrogen) atoms. The maximum absolute atomic E-state index is 10.9. The third kappa shape index (κ3) is 2.61. The quantitative estimate of drug-likeness (QED) is 0.418. The Morgan fingerprint density at radius 3 is 2.25 bits per heavy atom. The standard InChI is InChI=1S/C15H16O/c1-12(2)15(4,11-10-13(3)16)14-8-6-5-7-9-14/h5-9H,1H2,2-4H3. The number of hydrogen-bond acceptors (Lipinski definition) is 1. The van der Waals surface area contributed by atoms with Gasteiger partial charge in [0, 0.05) is 6.92 Å². The van der Waals surface area contributed by atoms with Gasteiger partial charge in [0.15, 0.2) is 0 Å². The van der Waals surface area contributed by atoms with E-state index in [0.717, 1.165) is 11.1 Å². The summed E-state index contributed by atoms with van der Waals surface area (Å²) in [5.74, 6) is 5.51. The van der Waals surface area contributed by atoms with Crippen LogP contribution in [0.15, 0.2) is 42.5 Å². The summed E-state index contributed by atoms with van der Waals surface area (Å²) < 4.78 is 0. The van der Waals surface area contributed by atoms with Crippen LogP contribution in [0, 0.1) is 11.8 Å². The molecule has 1 nitrogen and oxygen atoms in total. The van der Waals surface area contributed by atoms with E-state index >= 15 is 0 Å². The molecule has 1 aromatic carbocycles. The van der Waals surface area contributed by atoms with Crippen LogP contribution in [0.5, 0.6) is 0 Å². The van der Waals surface area contributed by atoms with Gasteiger partial charge in [0.25, 0.3) is 0 Å². The lowest BCUT2D eigenvalue weighted by Crippen LogP contribution is -2.21. The summed E-state index contributed by atoms with van der Waals surface area (Å²) in [4.78, 5) is 10.9. The lowest BCUT2D eigenvalue weighted by molar-refractivity contribution is -0.111. The maximum atomic E-state index is 10.9. The van der Waals surface area contributed by atoms with Crippen LogP contribution in [0.1, 0.15) is 26.3 Å². The average molecular weight is 212 g/mol. The Hall–Kier alpha value is -1.81. The highest BCUT2D eigenvalue weighted by atomic mass is 16.1. The lowest BCUT2D eigenvalue weighted by atomic mass is 9.77. The summed E-state index contributed by atoms with van der Waals surface area (Å²) in [7, 11) is 0. The first-order valence-corrected chi connectivity index (χ1v) is 5.22. The molecule has 0 saturated heterocycles. The fraction of sp³-hybridized carbons (Fsp3) is 0.267. The number of allylic oxidation sites excluding steroid dienone is 1. The Morgan fingerprint density at radius 2 is 1.81 bits per heavy atom. The van der Waals surface area contributed by atoms with Crippen LogP contribution in [0.3, 0.4) is 0 Å². The molecular formula is C15H16O. The Morgan fingerprint density at radius 1 is 1.25 bits per heavy atom. The number of carbonyl (C=O) groups excluding carboxylic acids is 1. The smallest absolute Gasteiger partial charge is 0.202 e. The van der Waals surface area contributed by atoms with Crippen molar-refractivity contribution in [3.8, 4) is 11.8 Å². The first-order chi connectivity index (χ1) is 7.47. The maximum Gasteiger partial charge on any atom is 0.202 e. The second kappa shape index (κ2) is 4.81. The Bertz CT molecular complexity index is 459. The van der Waals surface area contributed by atoms with Crippen LogP contribution in [0.25, 0.3) is 0 Å². The van der Waals surface area contributed by atoms with E-state index in [1.807, 2.05) is 44.2 Å². The molecule has 0 aromatic heterocycles. The highest BCUT2D eigenvalue weighted by Gasteiger charge is 2.24. The van der Waals surface area contributed by atoms with Gasteiger partial charge in [-0.25, -0.2) is 0 Å². The number of benzene rings is 1. The molecule has 0 fully saturated rings. The first-order valence-electron chi connectivity index (χ1n) is 5.22. The van der Waals surface area contributed by atoms with E-state index in [9.17, 15) is 4.79 Å². The monoisotopic (exact) mass is 212 g/mol. The van der Waals surface area contributed by atoms with Gasteiger partial charge >= 0.3 is 0 Å². The molecule has 0 aliphatic rings. The van der Waals surface area contributed by atoms with Gasteiger partial charge in [-0.05, 0) is 25.3 Å². The summed E-state index contributed by atoms with van der Waals surface area (Å²) in [6.45, 7) is 9.36. The molecule has 82 valence electrons. The molecule has 0 radical (unpaired) electrons. The van der Waals surface area contributed by atoms with Crippen LogP contribution in [-0.4, -0.2) is 5.78 Å². The molecule has 0 saturated carbocycles. The van der Waals surface area contributed by atoms with Crippen LogP contribution < -0.4 is 0 Å². The minimum atomic E-state index is -0.451.